The van der Waals surface area contributed by atoms with E-state index in [4.69, 9.17) is 21.9 Å². The van der Waals surface area contributed by atoms with Crippen LogP contribution in [0.25, 0.3) is 11.4 Å². The van der Waals surface area contributed by atoms with Crippen LogP contribution in [0.15, 0.2) is 22.7 Å². The quantitative estimate of drug-likeness (QED) is 0.929. The lowest BCUT2D eigenvalue weighted by Crippen LogP contribution is -2.16. The Bertz CT molecular complexity index is 556. The first kappa shape index (κ1) is 13.0. The molecule has 96 valence electrons. The van der Waals surface area contributed by atoms with E-state index in [-0.39, 0.29) is 17.0 Å². The van der Waals surface area contributed by atoms with E-state index in [1.54, 1.807) is 6.07 Å². The minimum atomic E-state index is -0.520. The van der Waals surface area contributed by atoms with Gasteiger partial charge in [0.15, 0.2) is 0 Å². The topological polar surface area (TPSA) is 64.9 Å². The number of aromatic nitrogens is 2. The fourth-order valence-corrected chi connectivity index (χ4v) is 1.53. The molecule has 18 heavy (non-hydrogen) atoms. The molecule has 1 heterocycles. The van der Waals surface area contributed by atoms with E-state index >= 15 is 0 Å². The summed E-state index contributed by atoms with van der Waals surface area (Å²) in [5, 5.41) is 3.84. The molecule has 0 spiro atoms. The van der Waals surface area contributed by atoms with Crippen molar-refractivity contribution in [1.82, 2.24) is 10.1 Å². The van der Waals surface area contributed by atoms with Crippen LogP contribution in [0, 0.1) is 11.7 Å². The Morgan fingerprint density at radius 1 is 1.39 bits per heavy atom. The van der Waals surface area contributed by atoms with E-state index in [1.165, 1.54) is 12.1 Å². The number of hydrogen-bond donors (Lipinski definition) is 1. The van der Waals surface area contributed by atoms with Gasteiger partial charge in [0.2, 0.25) is 11.7 Å². The summed E-state index contributed by atoms with van der Waals surface area (Å²) >= 11 is 5.61. The normalized spacial score (nSPS) is 13.0. The summed E-state index contributed by atoms with van der Waals surface area (Å²) < 4.78 is 18.4. The second-order valence-electron chi connectivity index (χ2n) is 4.35. The summed E-state index contributed by atoms with van der Waals surface area (Å²) in [6, 6.07) is 4.01. The lowest BCUT2D eigenvalue weighted by molar-refractivity contribution is 0.325. The van der Waals surface area contributed by atoms with Crippen LogP contribution < -0.4 is 5.73 Å². The van der Waals surface area contributed by atoms with Gasteiger partial charge in [0.05, 0.1) is 11.1 Å². The molecule has 0 aliphatic heterocycles. The molecule has 0 fully saturated rings. The van der Waals surface area contributed by atoms with Crippen molar-refractivity contribution in [2.45, 2.75) is 19.9 Å². The standard InChI is InChI=1S/C12H13ClFN3O/c1-6(2)10(15)12-16-11(17-18-12)7-3-4-8(13)9(14)5-7/h3-6,10H,15H2,1-2H3. The Morgan fingerprint density at radius 2 is 2.11 bits per heavy atom. The zero-order valence-electron chi connectivity index (χ0n) is 10.0. The zero-order valence-corrected chi connectivity index (χ0v) is 10.8. The highest BCUT2D eigenvalue weighted by atomic mass is 35.5. The van der Waals surface area contributed by atoms with Crippen LogP contribution in [0.5, 0.6) is 0 Å². The van der Waals surface area contributed by atoms with Crippen LogP contribution in [0.3, 0.4) is 0 Å². The minimum Gasteiger partial charge on any atom is -0.337 e. The molecule has 1 aromatic heterocycles. The van der Waals surface area contributed by atoms with Crippen LogP contribution >= 0.6 is 11.6 Å². The van der Waals surface area contributed by atoms with Crippen LogP contribution in [0.2, 0.25) is 5.02 Å². The van der Waals surface area contributed by atoms with Gasteiger partial charge in [-0.25, -0.2) is 4.39 Å². The predicted molar refractivity (Wildman–Crippen MR) is 66.5 cm³/mol. The highest BCUT2D eigenvalue weighted by Gasteiger charge is 2.19. The molecule has 0 saturated heterocycles. The van der Waals surface area contributed by atoms with Gasteiger partial charge in [-0.1, -0.05) is 30.6 Å². The number of hydrogen-bond acceptors (Lipinski definition) is 4. The molecule has 1 atom stereocenters. The lowest BCUT2D eigenvalue weighted by atomic mass is 10.1. The maximum Gasteiger partial charge on any atom is 0.244 e. The van der Waals surface area contributed by atoms with Gasteiger partial charge >= 0.3 is 0 Å². The Balaban J connectivity index is 2.32. The van der Waals surface area contributed by atoms with Crippen LogP contribution in [-0.2, 0) is 0 Å². The first-order valence-corrected chi connectivity index (χ1v) is 5.91. The fourth-order valence-electron chi connectivity index (χ4n) is 1.41. The summed E-state index contributed by atoms with van der Waals surface area (Å²) in [7, 11) is 0. The highest BCUT2D eigenvalue weighted by Crippen LogP contribution is 2.24. The summed E-state index contributed by atoms with van der Waals surface area (Å²) in [6.07, 6.45) is 0. The molecule has 2 aromatic rings. The number of nitrogens with two attached hydrogens (primary N) is 1. The Kier molecular flexibility index (Phi) is 3.63. The molecule has 4 nitrogen and oxygen atoms in total. The number of rotatable bonds is 3. The van der Waals surface area contributed by atoms with Crippen molar-refractivity contribution in [2.24, 2.45) is 11.7 Å². The SMILES string of the molecule is CC(C)C(N)c1nc(-c2ccc(Cl)c(F)c2)no1. The average molecular weight is 270 g/mol. The zero-order chi connectivity index (χ0) is 13.3. The molecule has 2 rings (SSSR count). The van der Waals surface area contributed by atoms with Crippen molar-refractivity contribution in [1.29, 1.82) is 0 Å². The molecule has 0 bridgehead atoms. The van der Waals surface area contributed by atoms with E-state index in [2.05, 4.69) is 10.1 Å². The van der Waals surface area contributed by atoms with E-state index in [0.717, 1.165) is 0 Å². The van der Waals surface area contributed by atoms with Crippen molar-refractivity contribution >= 4 is 11.6 Å². The van der Waals surface area contributed by atoms with E-state index < -0.39 is 5.82 Å². The number of halogens is 2. The number of benzene rings is 1. The highest BCUT2D eigenvalue weighted by molar-refractivity contribution is 6.30. The Morgan fingerprint density at radius 3 is 2.72 bits per heavy atom. The second-order valence-corrected chi connectivity index (χ2v) is 4.76. The molecule has 1 unspecified atom stereocenters. The van der Waals surface area contributed by atoms with Gasteiger partial charge in [0.25, 0.3) is 0 Å². The van der Waals surface area contributed by atoms with Gasteiger partial charge in [-0.2, -0.15) is 4.98 Å². The van der Waals surface area contributed by atoms with Gasteiger partial charge in [0.1, 0.15) is 5.82 Å². The molecule has 2 N–H and O–H groups in total. The van der Waals surface area contributed by atoms with Gasteiger partial charge < -0.3 is 10.3 Å². The summed E-state index contributed by atoms with van der Waals surface area (Å²) in [4.78, 5) is 4.16. The monoisotopic (exact) mass is 269 g/mol. The summed E-state index contributed by atoms with van der Waals surface area (Å²) in [6.45, 7) is 3.91. The number of nitrogens with zero attached hydrogens (tertiary/aromatic N) is 2. The summed E-state index contributed by atoms with van der Waals surface area (Å²) in [5.74, 6) is 0.306. The van der Waals surface area contributed by atoms with Crippen molar-refractivity contribution in [3.63, 3.8) is 0 Å². The maximum atomic E-state index is 13.3. The van der Waals surface area contributed by atoms with Crippen molar-refractivity contribution in [3.8, 4) is 11.4 Å². The molecular weight excluding hydrogens is 257 g/mol. The second kappa shape index (κ2) is 5.04. The van der Waals surface area contributed by atoms with Gasteiger partial charge in [-0.3, -0.25) is 0 Å². The predicted octanol–water partition coefficient (Wildman–Crippen LogP) is 3.18. The molecule has 1 aromatic carbocycles. The first-order valence-electron chi connectivity index (χ1n) is 5.53. The molecule has 0 aliphatic carbocycles. The smallest absolute Gasteiger partial charge is 0.244 e. The third-order valence-electron chi connectivity index (χ3n) is 2.62. The molecule has 0 radical (unpaired) electrons. The average Bonchev–Trinajstić information content (AvgIpc) is 2.81. The largest absolute Gasteiger partial charge is 0.337 e. The fraction of sp³-hybridized carbons (Fsp3) is 0.333. The molecule has 6 heteroatoms. The first-order chi connectivity index (χ1) is 8.49. The third kappa shape index (κ3) is 2.52. The van der Waals surface area contributed by atoms with Crippen LogP contribution in [0.1, 0.15) is 25.8 Å². The molecule has 0 amide bonds. The van der Waals surface area contributed by atoms with E-state index in [9.17, 15) is 4.39 Å². The Hall–Kier alpha value is -1.46. The van der Waals surface area contributed by atoms with E-state index in [0.29, 0.717) is 17.3 Å². The van der Waals surface area contributed by atoms with Crippen molar-refractivity contribution < 1.29 is 8.91 Å². The van der Waals surface area contributed by atoms with E-state index in [1.807, 2.05) is 13.8 Å². The summed E-state index contributed by atoms with van der Waals surface area (Å²) in [5.41, 5.74) is 6.39. The van der Waals surface area contributed by atoms with Gasteiger partial charge in [-0.15, -0.1) is 0 Å². The van der Waals surface area contributed by atoms with Gasteiger partial charge in [-0.05, 0) is 24.1 Å². The Labute approximate surface area is 109 Å². The van der Waals surface area contributed by atoms with Crippen molar-refractivity contribution in [3.05, 3.63) is 34.9 Å². The van der Waals surface area contributed by atoms with Crippen LogP contribution in [-0.4, -0.2) is 10.1 Å². The maximum absolute atomic E-state index is 13.3. The molecular formula is C12H13ClFN3O. The molecule has 0 aliphatic rings. The lowest BCUT2D eigenvalue weighted by Gasteiger charge is -2.09. The molecule has 0 saturated carbocycles. The minimum absolute atomic E-state index is 0.0568. The third-order valence-corrected chi connectivity index (χ3v) is 2.93. The van der Waals surface area contributed by atoms with Crippen LogP contribution in [0.4, 0.5) is 4.39 Å². The van der Waals surface area contributed by atoms with Crippen molar-refractivity contribution in [2.75, 3.05) is 0 Å². The van der Waals surface area contributed by atoms with Gasteiger partial charge in [0, 0.05) is 5.56 Å².